The molecule has 5 heterocycles. The topological polar surface area (TPSA) is 84.3 Å². The van der Waals surface area contributed by atoms with Crippen LogP contribution in [-0.2, 0) is 11.3 Å². The first kappa shape index (κ1) is 23.4. The van der Waals surface area contributed by atoms with E-state index in [4.69, 9.17) is 20.0 Å². The summed E-state index contributed by atoms with van der Waals surface area (Å²) in [5, 5.41) is 9.93. The van der Waals surface area contributed by atoms with Gasteiger partial charge in [0, 0.05) is 79.8 Å². The van der Waals surface area contributed by atoms with Crippen LogP contribution in [0.1, 0.15) is 17.7 Å². The first-order chi connectivity index (χ1) is 17.8. The Balaban J connectivity index is 1.28. The average Bonchev–Trinajstić information content (AvgIpc) is 3.56. The van der Waals surface area contributed by atoms with Crippen molar-refractivity contribution in [1.29, 1.82) is 5.26 Å². The summed E-state index contributed by atoms with van der Waals surface area (Å²) < 4.78 is 6.80. The second-order valence-corrected chi connectivity index (χ2v) is 10.7. The SMILES string of the molecule is N#CCCCN1CCN(Cc2cc3nc(-c4cccc5[nH]ccc45)nc(N4CCOCC4)c3s2)CC1. The number of benzene rings is 1. The fourth-order valence-electron chi connectivity index (χ4n) is 5.21. The summed E-state index contributed by atoms with van der Waals surface area (Å²) in [6, 6.07) is 12.9. The number of unbranched alkanes of at least 4 members (excludes halogenated alkanes) is 1. The third kappa shape index (κ3) is 4.82. The molecule has 4 aromatic rings. The fraction of sp³-hybridized carbons (Fsp3) is 0.444. The second-order valence-electron chi connectivity index (χ2n) is 9.52. The van der Waals surface area contributed by atoms with E-state index in [1.165, 1.54) is 9.58 Å². The molecule has 0 aliphatic carbocycles. The second kappa shape index (κ2) is 10.5. The molecule has 9 heteroatoms. The summed E-state index contributed by atoms with van der Waals surface area (Å²) >= 11 is 1.83. The highest BCUT2D eigenvalue weighted by Crippen LogP contribution is 2.36. The largest absolute Gasteiger partial charge is 0.378 e. The van der Waals surface area contributed by atoms with Crippen LogP contribution < -0.4 is 4.90 Å². The number of piperazine rings is 1. The van der Waals surface area contributed by atoms with Gasteiger partial charge in [0.2, 0.25) is 0 Å². The molecule has 0 atom stereocenters. The van der Waals surface area contributed by atoms with Crippen LogP contribution in [0.4, 0.5) is 5.82 Å². The zero-order chi connectivity index (χ0) is 24.3. The molecule has 2 saturated heterocycles. The van der Waals surface area contributed by atoms with Crippen molar-refractivity contribution in [2.75, 3.05) is 63.9 Å². The summed E-state index contributed by atoms with van der Waals surface area (Å²) in [5.74, 6) is 1.81. The van der Waals surface area contributed by atoms with Gasteiger partial charge in [-0.3, -0.25) is 4.90 Å². The molecule has 36 heavy (non-hydrogen) atoms. The van der Waals surface area contributed by atoms with Crippen molar-refractivity contribution in [1.82, 2.24) is 24.8 Å². The van der Waals surface area contributed by atoms with Crippen LogP contribution in [0, 0.1) is 11.3 Å². The zero-order valence-corrected chi connectivity index (χ0v) is 21.3. The predicted octanol–water partition coefficient (Wildman–Crippen LogP) is 4.10. The van der Waals surface area contributed by atoms with Gasteiger partial charge in [-0.1, -0.05) is 12.1 Å². The number of morpholine rings is 1. The summed E-state index contributed by atoms with van der Waals surface area (Å²) in [5.41, 5.74) is 3.19. The van der Waals surface area contributed by atoms with Gasteiger partial charge >= 0.3 is 0 Å². The fourth-order valence-corrected chi connectivity index (χ4v) is 6.36. The highest BCUT2D eigenvalue weighted by Gasteiger charge is 2.22. The van der Waals surface area contributed by atoms with Crippen molar-refractivity contribution < 1.29 is 4.74 Å². The number of hydrogen-bond acceptors (Lipinski definition) is 8. The molecular formula is C27H31N7OS. The van der Waals surface area contributed by atoms with Gasteiger partial charge < -0.3 is 19.5 Å². The van der Waals surface area contributed by atoms with Crippen LogP contribution >= 0.6 is 11.3 Å². The molecule has 3 aromatic heterocycles. The number of aromatic nitrogens is 3. The van der Waals surface area contributed by atoms with Crippen LogP contribution in [0.15, 0.2) is 36.5 Å². The molecule has 6 rings (SSSR count). The van der Waals surface area contributed by atoms with Crippen molar-refractivity contribution in [3.8, 4) is 17.5 Å². The van der Waals surface area contributed by atoms with Crippen molar-refractivity contribution in [2.45, 2.75) is 19.4 Å². The Labute approximate surface area is 215 Å². The van der Waals surface area contributed by atoms with E-state index in [1.807, 2.05) is 17.5 Å². The smallest absolute Gasteiger partial charge is 0.162 e. The maximum absolute atomic E-state index is 8.79. The molecule has 0 unspecified atom stereocenters. The molecule has 2 fully saturated rings. The van der Waals surface area contributed by atoms with Crippen molar-refractivity contribution in [3.05, 3.63) is 41.4 Å². The molecule has 0 bridgehead atoms. The number of H-pyrrole nitrogens is 1. The first-order valence-corrected chi connectivity index (χ1v) is 13.6. The van der Waals surface area contributed by atoms with Crippen LogP contribution in [0.25, 0.3) is 32.5 Å². The Hall–Kier alpha value is -3.03. The number of nitriles is 1. The Kier molecular flexibility index (Phi) is 6.84. The lowest BCUT2D eigenvalue weighted by Crippen LogP contribution is -2.45. The number of hydrogen-bond donors (Lipinski definition) is 1. The van der Waals surface area contributed by atoms with Crippen molar-refractivity contribution >= 4 is 38.3 Å². The molecule has 2 aliphatic heterocycles. The van der Waals surface area contributed by atoms with Gasteiger partial charge in [0.25, 0.3) is 0 Å². The van der Waals surface area contributed by atoms with E-state index in [1.54, 1.807) is 0 Å². The van der Waals surface area contributed by atoms with Gasteiger partial charge in [0.15, 0.2) is 11.6 Å². The Morgan fingerprint density at radius 3 is 2.69 bits per heavy atom. The van der Waals surface area contributed by atoms with Crippen LogP contribution in [0.3, 0.4) is 0 Å². The number of fused-ring (bicyclic) bond motifs is 2. The number of anilines is 1. The minimum Gasteiger partial charge on any atom is -0.378 e. The Morgan fingerprint density at radius 1 is 1.03 bits per heavy atom. The predicted molar refractivity (Wildman–Crippen MR) is 144 cm³/mol. The summed E-state index contributed by atoms with van der Waals surface area (Å²) in [6.07, 6.45) is 3.59. The number of rotatable bonds is 7. The Morgan fingerprint density at radius 2 is 1.86 bits per heavy atom. The third-order valence-electron chi connectivity index (χ3n) is 7.16. The lowest BCUT2D eigenvalue weighted by Gasteiger charge is -2.34. The summed E-state index contributed by atoms with van der Waals surface area (Å²) in [7, 11) is 0. The number of aromatic amines is 1. The van der Waals surface area contributed by atoms with Crippen LogP contribution in [0.5, 0.6) is 0 Å². The molecule has 0 spiro atoms. The van der Waals surface area contributed by atoms with E-state index in [2.05, 4.69) is 56.1 Å². The molecule has 8 nitrogen and oxygen atoms in total. The van der Waals surface area contributed by atoms with E-state index in [9.17, 15) is 0 Å². The molecule has 0 radical (unpaired) electrons. The zero-order valence-electron chi connectivity index (χ0n) is 20.4. The summed E-state index contributed by atoms with van der Waals surface area (Å²) in [4.78, 5) is 22.2. The van der Waals surface area contributed by atoms with Gasteiger partial charge in [0.1, 0.15) is 0 Å². The highest BCUT2D eigenvalue weighted by molar-refractivity contribution is 7.19. The highest BCUT2D eigenvalue weighted by atomic mass is 32.1. The molecular weight excluding hydrogens is 470 g/mol. The van der Waals surface area contributed by atoms with E-state index in [-0.39, 0.29) is 0 Å². The van der Waals surface area contributed by atoms with Crippen molar-refractivity contribution in [2.24, 2.45) is 0 Å². The number of ether oxygens (including phenoxy) is 1. The monoisotopic (exact) mass is 501 g/mol. The van der Waals surface area contributed by atoms with Gasteiger partial charge in [-0.2, -0.15) is 5.26 Å². The minimum absolute atomic E-state index is 0.648. The van der Waals surface area contributed by atoms with Crippen LogP contribution in [-0.4, -0.2) is 83.8 Å². The van der Waals surface area contributed by atoms with Gasteiger partial charge in [-0.25, -0.2) is 9.97 Å². The third-order valence-corrected chi connectivity index (χ3v) is 8.26. The lowest BCUT2D eigenvalue weighted by atomic mass is 10.1. The standard InChI is InChI=1S/C27H31N7OS/c28-7-1-2-9-32-10-12-33(13-11-32)19-20-18-24-25(36-20)27(34-14-16-35-17-15-34)31-26(30-24)22-4-3-5-23-21(22)6-8-29-23/h3-6,8,18,29H,1-2,9-17,19H2. The van der Waals surface area contributed by atoms with E-state index < -0.39 is 0 Å². The van der Waals surface area contributed by atoms with Crippen LogP contribution in [0.2, 0.25) is 0 Å². The van der Waals surface area contributed by atoms with Crippen molar-refractivity contribution in [3.63, 3.8) is 0 Å². The Bertz CT molecular complexity index is 1380. The lowest BCUT2D eigenvalue weighted by molar-refractivity contribution is 0.122. The maximum Gasteiger partial charge on any atom is 0.162 e. The maximum atomic E-state index is 8.79. The van der Waals surface area contributed by atoms with E-state index >= 15 is 0 Å². The number of thiophene rings is 1. The first-order valence-electron chi connectivity index (χ1n) is 12.8. The number of nitrogens with one attached hydrogen (secondary N) is 1. The normalized spacial score (nSPS) is 17.7. The van der Waals surface area contributed by atoms with Gasteiger partial charge in [-0.05, 0) is 31.2 Å². The quantitative estimate of drug-likeness (QED) is 0.382. The molecule has 0 amide bonds. The van der Waals surface area contributed by atoms with E-state index in [0.717, 1.165) is 106 Å². The minimum atomic E-state index is 0.648. The molecule has 186 valence electrons. The number of nitrogens with zero attached hydrogens (tertiary/aromatic N) is 6. The molecule has 1 aromatic carbocycles. The van der Waals surface area contributed by atoms with Gasteiger partial charge in [0.05, 0.1) is 29.5 Å². The molecule has 2 aliphatic rings. The molecule has 1 N–H and O–H groups in total. The molecule has 0 saturated carbocycles. The van der Waals surface area contributed by atoms with Gasteiger partial charge in [-0.15, -0.1) is 11.3 Å². The average molecular weight is 502 g/mol. The summed E-state index contributed by atoms with van der Waals surface area (Å²) in [6.45, 7) is 9.38. The van der Waals surface area contributed by atoms with E-state index in [0.29, 0.717) is 6.42 Å².